The maximum atomic E-state index is 8.90. The van der Waals surface area contributed by atoms with Crippen LogP contribution in [0.1, 0.15) is 31.7 Å². The van der Waals surface area contributed by atoms with Crippen molar-refractivity contribution in [2.75, 3.05) is 0 Å². The van der Waals surface area contributed by atoms with E-state index in [1.54, 1.807) is 0 Å². The molecule has 0 fully saturated rings. The smallest absolute Gasteiger partial charge is 0.0947 e. The predicted molar refractivity (Wildman–Crippen MR) is 59.6 cm³/mol. The molecule has 1 aromatic carbocycles. The van der Waals surface area contributed by atoms with Crippen LogP contribution in [0, 0.1) is 11.3 Å². The third-order valence-corrected chi connectivity index (χ3v) is 2.08. The molecule has 0 aliphatic heterocycles. The van der Waals surface area contributed by atoms with Gasteiger partial charge in [0.2, 0.25) is 0 Å². The Morgan fingerprint density at radius 2 is 2.07 bits per heavy atom. The molecule has 0 aliphatic carbocycles. The van der Waals surface area contributed by atoms with E-state index in [4.69, 9.17) is 5.26 Å². The molecule has 0 amide bonds. The van der Waals surface area contributed by atoms with E-state index in [9.17, 15) is 0 Å². The molecule has 0 saturated carbocycles. The van der Waals surface area contributed by atoms with Gasteiger partial charge in [-0.15, -0.1) is 0 Å². The van der Waals surface area contributed by atoms with Gasteiger partial charge in [0.1, 0.15) is 0 Å². The Bertz CT molecular complexity index is 330. The summed E-state index contributed by atoms with van der Waals surface area (Å²) in [6.07, 6.45) is 5.08. The van der Waals surface area contributed by atoms with Crippen molar-refractivity contribution >= 4 is 6.08 Å². The molecule has 1 rings (SSSR count). The summed E-state index contributed by atoms with van der Waals surface area (Å²) in [7, 11) is 0. The largest absolute Gasteiger partial charge is 0.193 e. The Balaban J connectivity index is 2.70. The zero-order valence-corrected chi connectivity index (χ0v) is 8.53. The maximum absolute atomic E-state index is 8.90. The zero-order chi connectivity index (χ0) is 10.2. The molecule has 0 radical (unpaired) electrons. The summed E-state index contributed by atoms with van der Waals surface area (Å²) < 4.78 is 0. The number of nitriles is 1. The lowest BCUT2D eigenvalue weighted by Crippen LogP contribution is -1.80. The molecule has 0 bridgehead atoms. The summed E-state index contributed by atoms with van der Waals surface area (Å²) in [6.45, 7) is 2.14. The zero-order valence-electron chi connectivity index (χ0n) is 8.53. The summed E-state index contributed by atoms with van der Waals surface area (Å²) >= 11 is 0. The average molecular weight is 185 g/mol. The van der Waals surface area contributed by atoms with Gasteiger partial charge in [-0.2, -0.15) is 5.26 Å². The number of rotatable bonds is 4. The van der Waals surface area contributed by atoms with Crippen LogP contribution in [-0.4, -0.2) is 0 Å². The first-order valence-electron chi connectivity index (χ1n) is 5.02. The van der Waals surface area contributed by atoms with Crippen molar-refractivity contribution in [2.24, 2.45) is 0 Å². The highest BCUT2D eigenvalue weighted by atomic mass is 14.2. The first kappa shape index (κ1) is 10.5. The molecule has 0 saturated heterocycles. The highest BCUT2D eigenvalue weighted by Crippen LogP contribution is 2.11. The van der Waals surface area contributed by atoms with E-state index in [-0.39, 0.29) is 0 Å². The molecule has 0 unspecified atom stereocenters. The van der Waals surface area contributed by atoms with Crippen LogP contribution in [0.25, 0.3) is 6.08 Å². The SMILES string of the molecule is CCCC/C(C#N)=C/c1ccccc1. The first-order valence-corrected chi connectivity index (χ1v) is 5.02. The van der Waals surface area contributed by atoms with E-state index >= 15 is 0 Å². The molecule has 0 heterocycles. The lowest BCUT2D eigenvalue weighted by molar-refractivity contribution is 0.802. The first-order chi connectivity index (χ1) is 6.86. The third kappa shape index (κ3) is 3.45. The Morgan fingerprint density at radius 3 is 2.64 bits per heavy atom. The monoisotopic (exact) mass is 185 g/mol. The normalized spacial score (nSPS) is 11.0. The number of allylic oxidation sites excluding steroid dienone is 1. The van der Waals surface area contributed by atoms with Gasteiger partial charge >= 0.3 is 0 Å². The second kappa shape index (κ2) is 5.99. The van der Waals surface area contributed by atoms with Crippen molar-refractivity contribution in [1.29, 1.82) is 5.26 Å². The second-order valence-corrected chi connectivity index (χ2v) is 3.30. The molecule has 0 spiro atoms. The van der Waals surface area contributed by atoms with E-state index in [2.05, 4.69) is 13.0 Å². The van der Waals surface area contributed by atoms with E-state index < -0.39 is 0 Å². The molecule has 72 valence electrons. The minimum absolute atomic E-state index is 0.873. The van der Waals surface area contributed by atoms with Crippen LogP contribution in [0.4, 0.5) is 0 Å². The van der Waals surface area contributed by atoms with Gasteiger partial charge in [0.25, 0.3) is 0 Å². The summed E-state index contributed by atoms with van der Waals surface area (Å²) in [5.74, 6) is 0. The highest BCUT2D eigenvalue weighted by Gasteiger charge is 1.95. The van der Waals surface area contributed by atoms with Gasteiger partial charge in [-0.05, 0) is 24.5 Å². The van der Waals surface area contributed by atoms with Crippen LogP contribution in [0.5, 0.6) is 0 Å². The topological polar surface area (TPSA) is 23.8 Å². The maximum Gasteiger partial charge on any atom is 0.0947 e. The van der Waals surface area contributed by atoms with Crippen LogP contribution in [0.15, 0.2) is 35.9 Å². The van der Waals surface area contributed by atoms with Crippen molar-refractivity contribution in [2.45, 2.75) is 26.2 Å². The summed E-state index contributed by atoms with van der Waals surface area (Å²) in [5, 5.41) is 8.90. The number of benzene rings is 1. The van der Waals surface area contributed by atoms with Crippen molar-refractivity contribution in [1.82, 2.24) is 0 Å². The summed E-state index contributed by atoms with van der Waals surface area (Å²) in [4.78, 5) is 0. The molecule has 0 N–H and O–H groups in total. The van der Waals surface area contributed by atoms with Gasteiger partial charge in [0, 0.05) is 5.57 Å². The molecule has 0 aromatic heterocycles. The average Bonchev–Trinajstić information content (AvgIpc) is 2.25. The quantitative estimate of drug-likeness (QED) is 0.655. The molecular formula is C13H15N. The van der Waals surface area contributed by atoms with Crippen LogP contribution in [0.2, 0.25) is 0 Å². The third-order valence-electron chi connectivity index (χ3n) is 2.08. The Kier molecular flexibility index (Phi) is 4.50. The number of unbranched alkanes of at least 4 members (excludes halogenated alkanes) is 1. The van der Waals surface area contributed by atoms with Gasteiger partial charge in [-0.1, -0.05) is 43.7 Å². The van der Waals surface area contributed by atoms with Gasteiger partial charge in [0.15, 0.2) is 0 Å². The lowest BCUT2D eigenvalue weighted by Gasteiger charge is -1.97. The minimum atomic E-state index is 0.873. The van der Waals surface area contributed by atoms with Crippen LogP contribution < -0.4 is 0 Å². The van der Waals surface area contributed by atoms with Crippen molar-refractivity contribution in [3.8, 4) is 6.07 Å². The molecule has 1 heteroatoms. The number of hydrogen-bond acceptors (Lipinski definition) is 1. The highest BCUT2D eigenvalue weighted by molar-refractivity contribution is 5.56. The van der Waals surface area contributed by atoms with Gasteiger partial charge in [-0.25, -0.2) is 0 Å². The Labute approximate surface area is 85.7 Å². The predicted octanol–water partition coefficient (Wildman–Crippen LogP) is 3.78. The van der Waals surface area contributed by atoms with Crippen LogP contribution in [0.3, 0.4) is 0 Å². The van der Waals surface area contributed by atoms with Crippen molar-refractivity contribution < 1.29 is 0 Å². The molecule has 0 atom stereocenters. The molecule has 1 aromatic rings. The number of nitrogens with zero attached hydrogens (tertiary/aromatic N) is 1. The molecule has 0 aliphatic rings. The van der Waals surface area contributed by atoms with E-state index in [1.165, 1.54) is 0 Å². The molecule has 1 nitrogen and oxygen atoms in total. The lowest BCUT2D eigenvalue weighted by atomic mass is 10.1. The number of hydrogen-bond donors (Lipinski definition) is 0. The molecule has 14 heavy (non-hydrogen) atoms. The van der Waals surface area contributed by atoms with E-state index in [0.29, 0.717) is 0 Å². The van der Waals surface area contributed by atoms with Crippen molar-refractivity contribution in [3.63, 3.8) is 0 Å². The molecular weight excluding hydrogens is 170 g/mol. The fourth-order valence-corrected chi connectivity index (χ4v) is 1.28. The van der Waals surface area contributed by atoms with E-state index in [1.807, 2.05) is 36.4 Å². The fraction of sp³-hybridized carbons (Fsp3) is 0.308. The standard InChI is InChI=1S/C13H15N/c1-2-3-7-13(11-14)10-12-8-5-4-6-9-12/h4-6,8-10H,2-3,7H2,1H3/b13-10-. The minimum Gasteiger partial charge on any atom is -0.193 e. The summed E-state index contributed by atoms with van der Waals surface area (Å²) in [5.41, 5.74) is 1.98. The van der Waals surface area contributed by atoms with E-state index in [0.717, 1.165) is 30.4 Å². The van der Waals surface area contributed by atoms with Crippen LogP contribution >= 0.6 is 0 Å². The van der Waals surface area contributed by atoms with Gasteiger partial charge in [0.05, 0.1) is 6.07 Å². The second-order valence-electron chi connectivity index (χ2n) is 3.30. The van der Waals surface area contributed by atoms with Gasteiger partial charge < -0.3 is 0 Å². The van der Waals surface area contributed by atoms with Crippen molar-refractivity contribution in [3.05, 3.63) is 41.5 Å². The Morgan fingerprint density at radius 1 is 1.36 bits per heavy atom. The summed E-state index contributed by atoms with van der Waals surface area (Å²) in [6, 6.07) is 12.2. The van der Waals surface area contributed by atoms with Crippen LogP contribution in [-0.2, 0) is 0 Å². The Hall–Kier alpha value is -1.55. The fourth-order valence-electron chi connectivity index (χ4n) is 1.28. The van der Waals surface area contributed by atoms with Gasteiger partial charge in [-0.3, -0.25) is 0 Å².